The van der Waals surface area contributed by atoms with E-state index in [4.69, 9.17) is 9.72 Å². The lowest BCUT2D eigenvalue weighted by Gasteiger charge is -2.33. The number of thiazole rings is 1. The van der Waals surface area contributed by atoms with Gasteiger partial charge in [-0.3, -0.25) is 4.79 Å². The number of nitrogens with zero attached hydrogens (tertiary/aromatic N) is 2. The highest BCUT2D eigenvalue weighted by Gasteiger charge is 2.29. The number of aromatic nitrogens is 1. The Bertz CT molecular complexity index is 754. The summed E-state index contributed by atoms with van der Waals surface area (Å²) in [6.45, 7) is 5.38. The molecule has 2 saturated heterocycles. The van der Waals surface area contributed by atoms with Crippen molar-refractivity contribution >= 4 is 32.6 Å². The van der Waals surface area contributed by atoms with Gasteiger partial charge in [-0.1, -0.05) is 17.4 Å². The van der Waals surface area contributed by atoms with Gasteiger partial charge in [0.05, 0.1) is 16.1 Å². The second-order valence-corrected chi connectivity index (χ2v) is 8.16. The van der Waals surface area contributed by atoms with Crippen molar-refractivity contribution in [3.63, 3.8) is 0 Å². The topological polar surface area (TPSA) is 54.5 Å². The van der Waals surface area contributed by atoms with Crippen LogP contribution in [0.2, 0.25) is 0 Å². The lowest BCUT2D eigenvalue weighted by atomic mass is 9.96. The van der Waals surface area contributed by atoms with Gasteiger partial charge in [-0.15, -0.1) is 0 Å². The Kier molecular flexibility index (Phi) is 4.90. The van der Waals surface area contributed by atoms with Crippen molar-refractivity contribution in [1.82, 2.24) is 10.3 Å². The van der Waals surface area contributed by atoms with Crippen LogP contribution in [0.25, 0.3) is 10.2 Å². The van der Waals surface area contributed by atoms with E-state index in [0.717, 1.165) is 62.6 Å². The van der Waals surface area contributed by atoms with E-state index in [1.54, 1.807) is 11.3 Å². The molecule has 0 radical (unpaired) electrons. The molecule has 134 valence electrons. The molecule has 1 aromatic carbocycles. The van der Waals surface area contributed by atoms with Crippen LogP contribution in [0.4, 0.5) is 5.13 Å². The van der Waals surface area contributed by atoms with Gasteiger partial charge in [-0.05, 0) is 50.3 Å². The highest BCUT2D eigenvalue weighted by molar-refractivity contribution is 7.22. The SMILES string of the molecule is Cc1ccc2nc(N3CCCC(C(=O)NC4CCOCC4)C3)sc2c1. The Morgan fingerprint density at radius 1 is 1.32 bits per heavy atom. The number of carbonyl (C=O) groups excluding carboxylic acids is 1. The van der Waals surface area contributed by atoms with E-state index in [0.29, 0.717) is 0 Å². The molecule has 0 aliphatic carbocycles. The third-order valence-corrected chi connectivity index (χ3v) is 6.24. The number of anilines is 1. The number of carbonyl (C=O) groups is 1. The first kappa shape index (κ1) is 16.8. The predicted molar refractivity (Wildman–Crippen MR) is 101 cm³/mol. The minimum atomic E-state index is 0.0605. The fourth-order valence-electron chi connectivity index (χ4n) is 3.68. The molecule has 1 N–H and O–H groups in total. The number of hydrogen-bond donors (Lipinski definition) is 1. The maximum Gasteiger partial charge on any atom is 0.225 e. The van der Waals surface area contributed by atoms with E-state index in [-0.39, 0.29) is 17.9 Å². The Morgan fingerprint density at radius 3 is 3.00 bits per heavy atom. The van der Waals surface area contributed by atoms with E-state index >= 15 is 0 Å². The van der Waals surface area contributed by atoms with Crippen LogP contribution in [0, 0.1) is 12.8 Å². The Hall–Kier alpha value is -1.66. The second-order valence-electron chi connectivity index (χ2n) is 7.15. The maximum absolute atomic E-state index is 12.7. The first-order valence-corrected chi connectivity index (χ1v) is 10.0. The summed E-state index contributed by atoms with van der Waals surface area (Å²) in [4.78, 5) is 19.7. The molecule has 3 heterocycles. The van der Waals surface area contributed by atoms with Gasteiger partial charge in [0, 0.05) is 32.3 Å². The normalized spacial score (nSPS) is 22.3. The monoisotopic (exact) mass is 359 g/mol. The average Bonchev–Trinajstić information content (AvgIpc) is 3.06. The zero-order valence-electron chi connectivity index (χ0n) is 14.7. The van der Waals surface area contributed by atoms with Crippen LogP contribution in [-0.2, 0) is 9.53 Å². The smallest absolute Gasteiger partial charge is 0.225 e. The molecule has 2 fully saturated rings. The fourth-order valence-corrected chi connectivity index (χ4v) is 4.78. The van der Waals surface area contributed by atoms with Crippen LogP contribution >= 0.6 is 11.3 Å². The maximum atomic E-state index is 12.7. The molecule has 6 heteroatoms. The largest absolute Gasteiger partial charge is 0.381 e. The highest BCUT2D eigenvalue weighted by Crippen LogP contribution is 2.32. The second kappa shape index (κ2) is 7.30. The van der Waals surface area contributed by atoms with Crippen molar-refractivity contribution in [2.45, 2.75) is 38.6 Å². The highest BCUT2D eigenvalue weighted by atomic mass is 32.1. The van der Waals surface area contributed by atoms with Gasteiger partial charge in [0.1, 0.15) is 0 Å². The molecule has 1 amide bonds. The molecule has 1 atom stereocenters. The van der Waals surface area contributed by atoms with Gasteiger partial charge >= 0.3 is 0 Å². The first-order chi connectivity index (χ1) is 12.2. The van der Waals surface area contributed by atoms with Crippen molar-refractivity contribution < 1.29 is 9.53 Å². The molecule has 5 nitrogen and oxygen atoms in total. The molecule has 2 aliphatic heterocycles. The molecule has 2 aromatic rings. The zero-order valence-corrected chi connectivity index (χ0v) is 15.5. The molecule has 0 saturated carbocycles. The van der Waals surface area contributed by atoms with Gasteiger partial charge < -0.3 is 15.0 Å². The number of piperidine rings is 1. The van der Waals surface area contributed by atoms with Gasteiger partial charge in [0.25, 0.3) is 0 Å². The Morgan fingerprint density at radius 2 is 2.16 bits per heavy atom. The summed E-state index contributed by atoms with van der Waals surface area (Å²) in [5, 5.41) is 4.28. The van der Waals surface area contributed by atoms with E-state index in [1.807, 2.05) is 0 Å². The summed E-state index contributed by atoms with van der Waals surface area (Å²) in [6.07, 6.45) is 3.87. The number of ether oxygens (including phenoxy) is 1. The summed E-state index contributed by atoms with van der Waals surface area (Å²) in [5.74, 6) is 0.263. The van der Waals surface area contributed by atoms with Gasteiger partial charge in [-0.25, -0.2) is 4.98 Å². The first-order valence-electron chi connectivity index (χ1n) is 9.19. The van der Waals surface area contributed by atoms with Crippen molar-refractivity contribution in [2.75, 3.05) is 31.2 Å². The number of fused-ring (bicyclic) bond motifs is 1. The molecule has 0 bridgehead atoms. The van der Waals surface area contributed by atoms with Crippen molar-refractivity contribution in [2.24, 2.45) is 5.92 Å². The standard InChI is InChI=1S/C19H25N3O2S/c1-13-4-5-16-17(11-13)25-19(21-16)22-8-2-3-14(12-22)18(23)20-15-6-9-24-10-7-15/h4-5,11,14-15H,2-3,6-10,12H2,1H3,(H,20,23). The van der Waals surface area contributed by atoms with E-state index in [2.05, 4.69) is 35.3 Å². The molecule has 1 aromatic heterocycles. The Balaban J connectivity index is 1.43. The van der Waals surface area contributed by atoms with Crippen LogP contribution in [0.5, 0.6) is 0 Å². The van der Waals surface area contributed by atoms with Crippen molar-refractivity contribution in [1.29, 1.82) is 0 Å². The Labute approximate surface area is 152 Å². The minimum Gasteiger partial charge on any atom is -0.381 e. The number of amides is 1. The summed E-state index contributed by atoms with van der Waals surface area (Å²) in [6, 6.07) is 6.66. The van der Waals surface area contributed by atoms with Gasteiger partial charge in [0.15, 0.2) is 5.13 Å². The molecular formula is C19H25N3O2S. The molecule has 1 unspecified atom stereocenters. The van der Waals surface area contributed by atoms with Crippen LogP contribution in [0.15, 0.2) is 18.2 Å². The molecule has 4 rings (SSSR count). The number of benzene rings is 1. The average molecular weight is 359 g/mol. The summed E-state index contributed by atoms with van der Waals surface area (Å²) >= 11 is 1.73. The predicted octanol–water partition coefficient (Wildman–Crippen LogP) is 3.12. The number of aryl methyl sites for hydroxylation is 1. The zero-order chi connectivity index (χ0) is 17.2. The van der Waals surface area contributed by atoms with Crippen molar-refractivity contribution in [3.8, 4) is 0 Å². The van der Waals surface area contributed by atoms with Crippen LogP contribution < -0.4 is 10.2 Å². The summed E-state index contributed by atoms with van der Waals surface area (Å²) in [5.41, 5.74) is 2.31. The third-order valence-electron chi connectivity index (χ3n) is 5.16. The number of rotatable bonds is 3. The number of nitrogens with one attached hydrogen (secondary N) is 1. The quantitative estimate of drug-likeness (QED) is 0.915. The van der Waals surface area contributed by atoms with Crippen LogP contribution in [0.3, 0.4) is 0 Å². The van der Waals surface area contributed by atoms with Gasteiger partial charge in [-0.2, -0.15) is 0 Å². The third kappa shape index (κ3) is 3.80. The lowest BCUT2D eigenvalue weighted by molar-refractivity contribution is -0.126. The van der Waals surface area contributed by atoms with Crippen LogP contribution in [0.1, 0.15) is 31.2 Å². The molecular weight excluding hydrogens is 334 g/mol. The minimum absolute atomic E-state index is 0.0605. The number of hydrogen-bond acceptors (Lipinski definition) is 5. The summed E-state index contributed by atoms with van der Waals surface area (Å²) in [7, 11) is 0. The van der Waals surface area contributed by atoms with Crippen molar-refractivity contribution in [3.05, 3.63) is 23.8 Å². The van der Waals surface area contributed by atoms with E-state index < -0.39 is 0 Å². The van der Waals surface area contributed by atoms with Crippen LogP contribution in [-0.4, -0.2) is 43.2 Å². The van der Waals surface area contributed by atoms with Gasteiger partial charge in [0.2, 0.25) is 5.91 Å². The summed E-state index contributed by atoms with van der Waals surface area (Å²) < 4.78 is 6.60. The fraction of sp³-hybridized carbons (Fsp3) is 0.579. The van der Waals surface area contributed by atoms with E-state index in [9.17, 15) is 4.79 Å². The lowest BCUT2D eigenvalue weighted by Crippen LogP contribution is -2.47. The molecule has 25 heavy (non-hydrogen) atoms. The molecule has 2 aliphatic rings. The van der Waals surface area contributed by atoms with E-state index in [1.165, 1.54) is 10.3 Å². The molecule has 0 spiro atoms.